The van der Waals surface area contributed by atoms with Crippen LogP contribution in [0.2, 0.25) is 0 Å². The predicted octanol–water partition coefficient (Wildman–Crippen LogP) is 13.1. The molecular weight excluding hydrogens is 589 g/mol. The summed E-state index contributed by atoms with van der Waals surface area (Å²) in [5.41, 5.74) is 13.1. The van der Waals surface area contributed by atoms with E-state index in [0.29, 0.717) is 0 Å². The average molecular weight is 621 g/mol. The summed E-state index contributed by atoms with van der Waals surface area (Å²) < 4.78 is 0. The highest BCUT2D eigenvalue weighted by molar-refractivity contribution is 6.22. The summed E-state index contributed by atoms with van der Waals surface area (Å²) in [6.45, 7) is 0. The lowest BCUT2D eigenvalue weighted by Crippen LogP contribution is -1.94. The Bertz CT molecular complexity index is 2780. The van der Waals surface area contributed by atoms with Gasteiger partial charge in [0.2, 0.25) is 0 Å². The zero-order chi connectivity index (χ0) is 32.3. The van der Waals surface area contributed by atoms with Crippen molar-refractivity contribution < 1.29 is 0 Å². The summed E-state index contributed by atoms with van der Waals surface area (Å²) in [4.78, 5) is 0. The Morgan fingerprint density at radius 1 is 0.306 bits per heavy atom. The Balaban J connectivity index is 1.31. The van der Waals surface area contributed by atoms with E-state index in [9.17, 15) is 0 Å². The van der Waals surface area contributed by atoms with Crippen LogP contribution in [0.5, 0.6) is 0 Å². The quantitative estimate of drug-likeness (QED) is 0.172. The molecule has 49 heavy (non-hydrogen) atoms. The molecule has 0 fully saturated rings. The molecule has 9 aromatic carbocycles. The highest BCUT2D eigenvalue weighted by Crippen LogP contribution is 2.47. The molecule has 10 rings (SSSR count). The highest BCUT2D eigenvalue weighted by Gasteiger charge is 2.25. The largest absolute Gasteiger partial charge is 0.0622 e. The third-order valence-electron chi connectivity index (χ3n) is 10.5. The summed E-state index contributed by atoms with van der Waals surface area (Å²) in [5, 5.41) is 10.1. The molecule has 9 aromatic rings. The molecule has 0 radical (unpaired) electrons. The van der Waals surface area contributed by atoms with Crippen LogP contribution >= 0.6 is 0 Å². The van der Waals surface area contributed by atoms with Crippen molar-refractivity contribution in [1.29, 1.82) is 0 Å². The van der Waals surface area contributed by atoms with Gasteiger partial charge >= 0.3 is 0 Å². The molecular formula is C49H32. The first-order chi connectivity index (χ1) is 24.3. The second-order valence-electron chi connectivity index (χ2n) is 13.2. The molecule has 0 amide bonds. The van der Waals surface area contributed by atoms with Crippen LogP contribution in [0.4, 0.5) is 0 Å². The maximum absolute atomic E-state index is 2.49. The first-order valence-electron chi connectivity index (χ1n) is 17.1. The third-order valence-corrected chi connectivity index (χ3v) is 10.5. The average Bonchev–Trinajstić information content (AvgIpc) is 3.56. The van der Waals surface area contributed by atoms with Crippen LogP contribution in [0.3, 0.4) is 0 Å². The van der Waals surface area contributed by atoms with Crippen LogP contribution in [0.1, 0.15) is 22.3 Å². The molecule has 0 heterocycles. The number of fused-ring (bicyclic) bond motifs is 5. The highest BCUT2D eigenvalue weighted by atomic mass is 14.3. The van der Waals surface area contributed by atoms with Crippen LogP contribution in [-0.2, 0) is 6.42 Å². The molecule has 0 saturated heterocycles. The summed E-state index contributed by atoms with van der Waals surface area (Å²) >= 11 is 0. The molecule has 0 atom stereocenters. The molecule has 0 bridgehead atoms. The first kappa shape index (κ1) is 27.8. The van der Waals surface area contributed by atoms with Gasteiger partial charge in [0.25, 0.3) is 0 Å². The summed E-state index contributed by atoms with van der Waals surface area (Å²) in [5.74, 6) is 0. The van der Waals surface area contributed by atoms with Gasteiger partial charge in [0, 0.05) is 0 Å². The minimum absolute atomic E-state index is 0.919. The number of hydrogen-bond donors (Lipinski definition) is 0. The van der Waals surface area contributed by atoms with E-state index in [0.717, 1.165) is 6.42 Å². The number of allylic oxidation sites excluding steroid dienone is 1. The van der Waals surface area contributed by atoms with Gasteiger partial charge in [0.15, 0.2) is 0 Å². The van der Waals surface area contributed by atoms with Crippen molar-refractivity contribution in [3.05, 3.63) is 204 Å². The van der Waals surface area contributed by atoms with Crippen LogP contribution in [0, 0.1) is 0 Å². The maximum atomic E-state index is 2.49. The van der Waals surface area contributed by atoms with E-state index in [1.807, 2.05) is 0 Å². The van der Waals surface area contributed by atoms with E-state index in [4.69, 9.17) is 0 Å². The monoisotopic (exact) mass is 620 g/mol. The maximum Gasteiger partial charge on any atom is -0.000728 e. The topological polar surface area (TPSA) is 0 Å². The third kappa shape index (κ3) is 4.53. The predicted molar refractivity (Wildman–Crippen MR) is 210 cm³/mol. The van der Waals surface area contributed by atoms with Gasteiger partial charge in [-0.05, 0) is 123 Å². The molecule has 0 unspecified atom stereocenters. The Kier molecular flexibility index (Phi) is 6.35. The fourth-order valence-electron chi connectivity index (χ4n) is 8.22. The molecule has 228 valence electrons. The van der Waals surface area contributed by atoms with Crippen molar-refractivity contribution >= 4 is 54.2 Å². The molecule has 0 aliphatic heterocycles. The molecule has 0 N–H and O–H groups in total. The second kappa shape index (κ2) is 11.2. The number of rotatable bonds is 4. The Morgan fingerprint density at radius 3 is 1.49 bits per heavy atom. The summed E-state index contributed by atoms with van der Waals surface area (Å²) in [7, 11) is 0. The fourth-order valence-corrected chi connectivity index (χ4v) is 8.22. The minimum Gasteiger partial charge on any atom is -0.0622 e. The zero-order valence-corrected chi connectivity index (χ0v) is 27.0. The molecule has 0 saturated carbocycles. The summed E-state index contributed by atoms with van der Waals surface area (Å²) in [6, 6.07) is 67.3. The molecule has 0 nitrogen and oxygen atoms in total. The molecule has 1 aliphatic rings. The van der Waals surface area contributed by atoms with E-state index in [1.54, 1.807) is 0 Å². The molecule has 0 aromatic heterocycles. The van der Waals surface area contributed by atoms with Crippen molar-refractivity contribution in [2.75, 3.05) is 0 Å². The molecule has 0 spiro atoms. The zero-order valence-electron chi connectivity index (χ0n) is 27.0. The van der Waals surface area contributed by atoms with Crippen molar-refractivity contribution in [2.45, 2.75) is 6.42 Å². The molecule has 1 aliphatic carbocycles. The van der Waals surface area contributed by atoms with Gasteiger partial charge in [-0.25, -0.2) is 0 Å². The van der Waals surface area contributed by atoms with Crippen LogP contribution < -0.4 is 0 Å². The smallest absolute Gasteiger partial charge is 0.000728 e. The first-order valence-corrected chi connectivity index (χ1v) is 17.1. The van der Waals surface area contributed by atoms with Crippen LogP contribution in [-0.4, -0.2) is 0 Å². The lowest BCUT2D eigenvalue weighted by Gasteiger charge is -2.20. The van der Waals surface area contributed by atoms with Gasteiger partial charge in [0.05, 0.1) is 0 Å². The van der Waals surface area contributed by atoms with Crippen molar-refractivity contribution in [3.8, 4) is 22.3 Å². The lowest BCUT2D eigenvalue weighted by molar-refractivity contribution is 1.32. The van der Waals surface area contributed by atoms with Crippen LogP contribution in [0.15, 0.2) is 182 Å². The SMILES string of the molecule is c1ccc(C2=C(c3ccc4c(-c5ccc6ccccc6c5)c5ccccc5c(-c5ccc6ccccc6c5)c4c3)Cc3ccccc32)cc1. The normalized spacial score (nSPS) is 12.7. The van der Waals surface area contributed by atoms with E-state index in [1.165, 1.54) is 98.7 Å². The fraction of sp³-hybridized carbons (Fsp3) is 0.0204. The van der Waals surface area contributed by atoms with Gasteiger partial charge in [-0.1, -0.05) is 164 Å². The van der Waals surface area contributed by atoms with E-state index < -0.39 is 0 Å². The van der Waals surface area contributed by atoms with E-state index in [2.05, 4.69) is 182 Å². The van der Waals surface area contributed by atoms with Gasteiger partial charge in [-0.2, -0.15) is 0 Å². The Morgan fingerprint density at radius 2 is 0.816 bits per heavy atom. The molecule has 0 heteroatoms. The minimum atomic E-state index is 0.919. The standard InChI is InChI=1S/C49H32/c1-2-14-34(15-3-1)47-41-19-9-8-18-37(41)30-45(47)38-26-27-44-46(31-38)49(40-25-23-33-13-5-7-17-36(33)29-40)43-21-11-10-20-42(43)48(44)39-24-22-32-12-4-6-16-35(32)28-39/h1-29,31H,30H2. The van der Waals surface area contributed by atoms with E-state index >= 15 is 0 Å². The van der Waals surface area contributed by atoms with Crippen LogP contribution in [0.25, 0.3) is 76.5 Å². The Labute approximate surface area is 286 Å². The summed E-state index contributed by atoms with van der Waals surface area (Å²) in [6.07, 6.45) is 0.919. The van der Waals surface area contributed by atoms with Crippen molar-refractivity contribution in [3.63, 3.8) is 0 Å². The van der Waals surface area contributed by atoms with Crippen molar-refractivity contribution in [1.82, 2.24) is 0 Å². The number of benzene rings is 9. The van der Waals surface area contributed by atoms with E-state index in [-0.39, 0.29) is 0 Å². The van der Waals surface area contributed by atoms with Gasteiger partial charge < -0.3 is 0 Å². The number of hydrogen-bond acceptors (Lipinski definition) is 0. The van der Waals surface area contributed by atoms with Gasteiger partial charge in [-0.3, -0.25) is 0 Å². The van der Waals surface area contributed by atoms with Gasteiger partial charge in [0.1, 0.15) is 0 Å². The van der Waals surface area contributed by atoms with Crippen molar-refractivity contribution in [2.24, 2.45) is 0 Å². The van der Waals surface area contributed by atoms with Gasteiger partial charge in [-0.15, -0.1) is 0 Å². The Hall–Kier alpha value is -6.24. The second-order valence-corrected chi connectivity index (χ2v) is 13.2. The lowest BCUT2D eigenvalue weighted by atomic mass is 9.83.